The summed E-state index contributed by atoms with van der Waals surface area (Å²) in [4.78, 5) is 60.4. The van der Waals surface area contributed by atoms with Crippen LogP contribution >= 0.6 is 0 Å². The topological polar surface area (TPSA) is 149 Å². The highest BCUT2D eigenvalue weighted by Gasteiger charge is 2.45. The van der Waals surface area contributed by atoms with E-state index in [1.54, 1.807) is 12.1 Å². The van der Waals surface area contributed by atoms with Gasteiger partial charge in [0.15, 0.2) is 0 Å². The number of carboxylic acid groups (broad SMARTS) is 1. The molecule has 1 unspecified atom stereocenters. The van der Waals surface area contributed by atoms with Crippen LogP contribution in [-0.2, 0) is 23.9 Å². The van der Waals surface area contributed by atoms with Crippen molar-refractivity contribution >= 4 is 29.6 Å². The Morgan fingerprint density at radius 1 is 1.03 bits per heavy atom. The summed E-state index contributed by atoms with van der Waals surface area (Å²) in [6.45, 7) is 0.875. The predicted octanol–water partition coefficient (Wildman–Crippen LogP) is -0.0255. The molecule has 4 amide bonds. The lowest BCUT2D eigenvalue weighted by atomic mass is 10.0. The van der Waals surface area contributed by atoms with E-state index >= 15 is 0 Å². The minimum atomic E-state index is -1.04. The van der Waals surface area contributed by atoms with Gasteiger partial charge in [0.25, 0.3) is 11.8 Å². The maximum Gasteiger partial charge on any atom is 0.305 e. The average Bonchev–Trinajstić information content (AvgIpc) is 2.98. The molecule has 0 spiro atoms. The normalized spacial score (nSPS) is 18.2. The molecule has 2 aliphatic heterocycles. The number of benzene rings is 1. The van der Waals surface area contributed by atoms with Gasteiger partial charge in [-0.25, -0.2) is 0 Å². The van der Waals surface area contributed by atoms with Crippen LogP contribution in [0.15, 0.2) is 18.2 Å². The molecule has 31 heavy (non-hydrogen) atoms. The van der Waals surface area contributed by atoms with Crippen LogP contribution in [0.25, 0.3) is 0 Å². The predicted molar refractivity (Wildman–Crippen MR) is 102 cm³/mol. The summed E-state index contributed by atoms with van der Waals surface area (Å²) in [5.41, 5.74) is 0.217. The lowest BCUT2D eigenvalue weighted by Crippen LogP contribution is -2.54. The summed E-state index contributed by atoms with van der Waals surface area (Å²) in [7, 11) is 0. The zero-order valence-corrected chi connectivity index (χ0v) is 16.6. The Kier molecular flexibility index (Phi) is 7.32. The zero-order chi connectivity index (χ0) is 22.4. The first-order valence-electron chi connectivity index (χ1n) is 9.75. The summed E-state index contributed by atoms with van der Waals surface area (Å²) < 4.78 is 16.0. The zero-order valence-electron chi connectivity index (χ0n) is 16.6. The lowest BCUT2D eigenvalue weighted by molar-refractivity contribution is -0.138. The number of carbonyl (C=O) groups excluding carboxylic acids is 4. The van der Waals surface area contributed by atoms with Crippen molar-refractivity contribution in [1.82, 2.24) is 10.2 Å². The van der Waals surface area contributed by atoms with Crippen molar-refractivity contribution in [2.75, 3.05) is 33.0 Å². The molecule has 11 heteroatoms. The highest BCUT2D eigenvalue weighted by Crippen LogP contribution is 2.33. The van der Waals surface area contributed by atoms with Crippen molar-refractivity contribution < 1.29 is 43.3 Å². The van der Waals surface area contributed by atoms with Crippen molar-refractivity contribution in [2.24, 2.45) is 0 Å². The van der Waals surface area contributed by atoms with E-state index in [4.69, 9.17) is 19.3 Å². The van der Waals surface area contributed by atoms with Gasteiger partial charge in [-0.1, -0.05) is 6.07 Å². The largest absolute Gasteiger partial charge is 0.490 e. The molecule has 1 aromatic rings. The maximum absolute atomic E-state index is 12.9. The van der Waals surface area contributed by atoms with Crippen LogP contribution in [0.1, 0.15) is 40.0 Å². The van der Waals surface area contributed by atoms with Gasteiger partial charge in [-0.2, -0.15) is 0 Å². The Bertz CT molecular complexity index is 899. The van der Waals surface area contributed by atoms with Crippen LogP contribution in [0.4, 0.5) is 0 Å². The Morgan fingerprint density at radius 3 is 2.45 bits per heavy atom. The van der Waals surface area contributed by atoms with Crippen molar-refractivity contribution in [2.45, 2.75) is 25.3 Å². The molecule has 3 rings (SSSR count). The molecule has 11 nitrogen and oxygen atoms in total. The molecule has 0 radical (unpaired) electrons. The third-order valence-corrected chi connectivity index (χ3v) is 4.75. The third kappa shape index (κ3) is 5.25. The van der Waals surface area contributed by atoms with E-state index in [-0.39, 0.29) is 69.2 Å². The minimum Gasteiger partial charge on any atom is -0.490 e. The number of hydrogen-bond acceptors (Lipinski definition) is 8. The van der Waals surface area contributed by atoms with Gasteiger partial charge < -0.3 is 19.3 Å². The van der Waals surface area contributed by atoms with Crippen LogP contribution in [0.5, 0.6) is 5.75 Å². The van der Waals surface area contributed by atoms with Crippen molar-refractivity contribution in [3.63, 3.8) is 0 Å². The van der Waals surface area contributed by atoms with Gasteiger partial charge in [-0.05, 0) is 18.6 Å². The fraction of sp³-hybridized carbons (Fsp3) is 0.450. The number of aliphatic carboxylic acids is 1. The first kappa shape index (κ1) is 22.4. The highest BCUT2D eigenvalue weighted by molar-refractivity contribution is 6.24. The molecule has 2 heterocycles. The molecule has 0 aromatic heterocycles. The van der Waals surface area contributed by atoms with E-state index in [0.717, 1.165) is 4.90 Å². The van der Waals surface area contributed by atoms with Crippen LogP contribution < -0.4 is 10.1 Å². The van der Waals surface area contributed by atoms with Crippen LogP contribution in [0.3, 0.4) is 0 Å². The van der Waals surface area contributed by atoms with Gasteiger partial charge in [0.1, 0.15) is 18.4 Å². The number of piperidine rings is 1. The molecule has 166 valence electrons. The standard InChI is InChI=1S/C20H22N2O9/c23-15-5-4-13(18(26)21-15)22-19(27)12-2-1-3-14(17(12)20(22)28)31-11-10-30-9-8-29-7-6-16(24)25/h1-3,13H,4-11H2,(H,24,25)(H,21,23,26). The molecule has 1 saturated heterocycles. The van der Waals surface area contributed by atoms with E-state index < -0.39 is 35.6 Å². The molecule has 0 bridgehead atoms. The highest BCUT2D eigenvalue weighted by atomic mass is 16.5. The van der Waals surface area contributed by atoms with E-state index in [9.17, 15) is 24.0 Å². The molecular weight excluding hydrogens is 412 g/mol. The SMILES string of the molecule is O=C(O)CCOCCOCCOc1cccc2c1C(=O)N(C1CCC(=O)NC1=O)C2=O. The maximum atomic E-state index is 12.9. The fourth-order valence-corrected chi connectivity index (χ4v) is 3.30. The molecule has 1 aromatic carbocycles. The van der Waals surface area contributed by atoms with Gasteiger partial charge in [0.2, 0.25) is 11.8 Å². The monoisotopic (exact) mass is 434 g/mol. The number of amides is 4. The number of hydrogen-bond donors (Lipinski definition) is 2. The van der Waals surface area contributed by atoms with Crippen molar-refractivity contribution in [1.29, 1.82) is 0 Å². The number of nitrogens with zero attached hydrogens (tertiary/aromatic N) is 1. The van der Waals surface area contributed by atoms with Gasteiger partial charge in [0.05, 0.1) is 44.0 Å². The van der Waals surface area contributed by atoms with E-state index in [2.05, 4.69) is 5.32 Å². The Morgan fingerprint density at radius 2 is 1.74 bits per heavy atom. The Hall–Kier alpha value is -3.31. The average molecular weight is 434 g/mol. The number of ether oxygens (including phenoxy) is 3. The molecular formula is C20H22N2O9. The fourth-order valence-electron chi connectivity index (χ4n) is 3.30. The van der Waals surface area contributed by atoms with Crippen LogP contribution in [0.2, 0.25) is 0 Å². The van der Waals surface area contributed by atoms with Crippen molar-refractivity contribution in [3.05, 3.63) is 29.3 Å². The second-order valence-electron chi connectivity index (χ2n) is 6.84. The van der Waals surface area contributed by atoms with E-state index in [1.165, 1.54) is 6.07 Å². The van der Waals surface area contributed by atoms with Gasteiger partial charge in [-0.15, -0.1) is 0 Å². The minimum absolute atomic E-state index is 0.0462. The number of carboxylic acids is 1. The first-order valence-corrected chi connectivity index (χ1v) is 9.75. The number of fused-ring (bicyclic) bond motifs is 1. The molecule has 2 aliphatic rings. The molecule has 0 aliphatic carbocycles. The van der Waals surface area contributed by atoms with E-state index in [1.807, 2.05) is 0 Å². The summed E-state index contributed by atoms with van der Waals surface area (Å²) >= 11 is 0. The smallest absolute Gasteiger partial charge is 0.305 e. The van der Waals surface area contributed by atoms with Gasteiger partial charge >= 0.3 is 5.97 Å². The quantitative estimate of drug-likeness (QED) is 0.362. The first-order chi connectivity index (χ1) is 14.9. The van der Waals surface area contributed by atoms with E-state index in [0.29, 0.717) is 0 Å². The summed E-state index contributed by atoms with van der Waals surface area (Å²) in [6.07, 6.45) is 0.0457. The molecule has 0 saturated carbocycles. The van der Waals surface area contributed by atoms with Crippen LogP contribution in [0, 0.1) is 0 Å². The van der Waals surface area contributed by atoms with Crippen LogP contribution in [-0.4, -0.2) is 78.7 Å². The lowest BCUT2D eigenvalue weighted by Gasteiger charge is -2.27. The van der Waals surface area contributed by atoms with Gasteiger partial charge in [-0.3, -0.25) is 34.2 Å². The number of nitrogens with one attached hydrogen (secondary N) is 1. The third-order valence-electron chi connectivity index (χ3n) is 4.75. The van der Waals surface area contributed by atoms with Gasteiger partial charge in [0, 0.05) is 6.42 Å². The number of rotatable bonds is 11. The summed E-state index contributed by atoms with van der Waals surface area (Å²) in [6, 6.07) is 3.57. The molecule has 2 N–H and O–H groups in total. The Labute approximate surface area is 177 Å². The Balaban J connectivity index is 1.53. The molecule has 1 fully saturated rings. The summed E-state index contributed by atoms with van der Waals surface area (Å²) in [5, 5.41) is 10.7. The van der Waals surface area contributed by atoms with Crippen molar-refractivity contribution in [3.8, 4) is 5.75 Å². The summed E-state index contributed by atoms with van der Waals surface area (Å²) in [5.74, 6) is -3.09. The number of carbonyl (C=O) groups is 5. The number of imide groups is 2. The second-order valence-corrected chi connectivity index (χ2v) is 6.84. The molecule has 1 atom stereocenters. The second kappa shape index (κ2) is 10.1.